The molecule has 1 atom stereocenters. The molecule has 2 fully saturated rings. The molecule has 3 heterocycles. The van der Waals surface area contributed by atoms with Gasteiger partial charge in [0.25, 0.3) is 0 Å². The summed E-state index contributed by atoms with van der Waals surface area (Å²) in [5, 5.41) is 3.47. The molecular weight excluding hydrogens is 327 g/mol. The summed E-state index contributed by atoms with van der Waals surface area (Å²) in [5.74, 6) is 0.768. The zero-order valence-corrected chi connectivity index (χ0v) is 15.0. The molecule has 2 saturated heterocycles. The van der Waals surface area contributed by atoms with Gasteiger partial charge in [0.05, 0.1) is 0 Å². The maximum absolute atomic E-state index is 5.55. The molecule has 0 saturated carbocycles. The third kappa shape index (κ3) is 4.81. The van der Waals surface area contributed by atoms with Gasteiger partial charge in [-0.15, -0.1) is 36.2 Å². The van der Waals surface area contributed by atoms with Crippen LogP contribution < -0.4 is 5.32 Å². The van der Waals surface area contributed by atoms with E-state index in [0.29, 0.717) is 6.04 Å². The molecule has 21 heavy (non-hydrogen) atoms. The van der Waals surface area contributed by atoms with E-state index in [1.165, 1.54) is 30.8 Å². The Kier molecular flexibility index (Phi) is 8.54. The third-order valence-electron chi connectivity index (χ3n) is 4.31. The molecule has 2 aliphatic rings. The van der Waals surface area contributed by atoms with E-state index >= 15 is 0 Å². The number of hydrogen-bond acceptors (Lipinski definition) is 4. The van der Waals surface area contributed by atoms with Crippen molar-refractivity contribution in [2.75, 3.05) is 39.4 Å². The third-order valence-corrected chi connectivity index (χ3v) is 5.38. The number of nitrogens with zero attached hydrogens (tertiary/aromatic N) is 1. The number of aryl methyl sites for hydroxylation is 1. The van der Waals surface area contributed by atoms with Crippen LogP contribution >= 0.6 is 36.2 Å². The molecular formula is C15H26Cl2N2OS. The summed E-state index contributed by atoms with van der Waals surface area (Å²) in [6, 6.07) is 5.24. The second kappa shape index (κ2) is 9.33. The van der Waals surface area contributed by atoms with Crippen LogP contribution in [0.5, 0.6) is 0 Å². The van der Waals surface area contributed by atoms with Crippen molar-refractivity contribution in [3.8, 4) is 0 Å². The van der Waals surface area contributed by atoms with Gasteiger partial charge in [-0.25, -0.2) is 0 Å². The van der Waals surface area contributed by atoms with E-state index in [0.717, 1.165) is 32.2 Å². The van der Waals surface area contributed by atoms with Crippen molar-refractivity contribution in [1.29, 1.82) is 0 Å². The van der Waals surface area contributed by atoms with E-state index in [1.807, 2.05) is 11.3 Å². The highest BCUT2D eigenvalue weighted by Gasteiger charge is 2.31. The number of piperazine rings is 1. The quantitative estimate of drug-likeness (QED) is 0.903. The van der Waals surface area contributed by atoms with Gasteiger partial charge in [0.15, 0.2) is 0 Å². The fourth-order valence-corrected chi connectivity index (χ4v) is 4.42. The molecule has 0 bridgehead atoms. The lowest BCUT2D eigenvalue weighted by atomic mass is 9.89. The SMILES string of the molecule is Cc1ccc([C@@H](C2CCOCC2)N2CCNCC2)s1.Cl.Cl. The van der Waals surface area contributed by atoms with E-state index in [-0.39, 0.29) is 24.8 Å². The first kappa shape index (κ1) is 19.2. The van der Waals surface area contributed by atoms with Crippen LogP contribution in [-0.4, -0.2) is 44.3 Å². The topological polar surface area (TPSA) is 24.5 Å². The Morgan fingerprint density at radius 2 is 1.86 bits per heavy atom. The molecule has 0 amide bonds. The summed E-state index contributed by atoms with van der Waals surface area (Å²) in [4.78, 5) is 5.69. The van der Waals surface area contributed by atoms with Crippen molar-refractivity contribution < 1.29 is 4.74 Å². The van der Waals surface area contributed by atoms with Crippen LogP contribution in [0.25, 0.3) is 0 Å². The number of thiophene rings is 1. The molecule has 1 aromatic rings. The summed E-state index contributed by atoms with van der Waals surface area (Å²) in [7, 11) is 0. The standard InChI is InChI=1S/C15H24N2OS.2ClH/c1-12-2-3-14(19-12)15(13-4-10-18-11-5-13)17-8-6-16-7-9-17;;/h2-3,13,15-16H,4-11H2,1H3;2*1H/t15-;;/m1../s1. The number of rotatable bonds is 3. The first-order valence-electron chi connectivity index (χ1n) is 7.43. The van der Waals surface area contributed by atoms with Gasteiger partial charge < -0.3 is 10.1 Å². The predicted molar refractivity (Wildman–Crippen MR) is 94.3 cm³/mol. The van der Waals surface area contributed by atoms with E-state index in [4.69, 9.17) is 4.74 Å². The lowest BCUT2D eigenvalue weighted by Crippen LogP contribution is -2.47. The van der Waals surface area contributed by atoms with E-state index < -0.39 is 0 Å². The monoisotopic (exact) mass is 352 g/mol. The van der Waals surface area contributed by atoms with Gasteiger partial charge in [-0.3, -0.25) is 4.90 Å². The van der Waals surface area contributed by atoms with Crippen LogP contribution in [0.1, 0.15) is 28.6 Å². The highest BCUT2D eigenvalue weighted by molar-refractivity contribution is 7.12. The molecule has 3 nitrogen and oxygen atoms in total. The Balaban J connectivity index is 0.00000110. The van der Waals surface area contributed by atoms with E-state index in [9.17, 15) is 0 Å². The molecule has 2 aliphatic heterocycles. The normalized spacial score (nSPS) is 22.1. The highest BCUT2D eigenvalue weighted by atomic mass is 35.5. The molecule has 0 spiro atoms. The molecule has 0 radical (unpaired) electrons. The van der Waals surface area contributed by atoms with Gasteiger partial charge >= 0.3 is 0 Å². The molecule has 0 unspecified atom stereocenters. The Morgan fingerprint density at radius 1 is 1.19 bits per heavy atom. The minimum atomic E-state index is 0. The maximum atomic E-state index is 5.55. The maximum Gasteiger partial charge on any atom is 0.0472 e. The molecule has 122 valence electrons. The minimum absolute atomic E-state index is 0. The van der Waals surface area contributed by atoms with Crippen molar-refractivity contribution in [2.24, 2.45) is 5.92 Å². The van der Waals surface area contributed by atoms with Crippen LogP contribution in [0.3, 0.4) is 0 Å². The van der Waals surface area contributed by atoms with E-state index in [1.54, 1.807) is 4.88 Å². The Hall–Kier alpha value is 0.160. The van der Waals surface area contributed by atoms with Crippen molar-refractivity contribution >= 4 is 36.2 Å². The van der Waals surface area contributed by atoms with Crippen molar-refractivity contribution in [1.82, 2.24) is 10.2 Å². The summed E-state index contributed by atoms with van der Waals surface area (Å²) in [6.45, 7) is 8.72. The average molecular weight is 353 g/mol. The second-order valence-corrected chi connectivity index (χ2v) is 6.95. The summed E-state index contributed by atoms with van der Waals surface area (Å²) in [6.07, 6.45) is 2.43. The van der Waals surface area contributed by atoms with Gasteiger partial charge in [-0.05, 0) is 37.8 Å². The molecule has 1 N–H and O–H groups in total. The molecule has 3 rings (SSSR count). The van der Waals surface area contributed by atoms with Gasteiger partial charge in [0.2, 0.25) is 0 Å². The Morgan fingerprint density at radius 3 is 2.43 bits per heavy atom. The molecule has 0 aromatic carbocycles. The van der Waals surface area contributed by atoms with Gasteiger partial charge in [0.1, 0.15) is 0 Å². The first-order valence-corrected chi connectivity index (χ1v) is 8.25. The number of ether oxygens (including phenoxy) is 1. The summed E-state index contributed by atoms with van der Waals surface area (Å²) < 4.78 is 5.55. The zero-order chi connectivity index (χ0) is 13.1. The molecule has 0 aliphatic carbocycles. The van der Waals surface area contributed by atoms with Crippen LogP contribution in [0.4, 0.5) is 0 Å². The van der Waals surface area contributed by atoms with Crippen LogP contribution in [0, 0.1) is 12.8 Å². The Labute approximate surface area is 144 Å². The van der Waals surface area contributed by atoms with Crippen LogP contribution in [0.2, 0.25) is 0 Å². The minimum Gasteiger partial charge on any atom is -0.381 e. The fraction of sp³-hybridized carbons (Fsp3) is 0.733. The predicted octanol–water partition coefficient (Wildman–Crippen LogP) is 3.27. The average Bonchev–Trinajstić information content (AvgIpc) is 2.88. The molecule has 1 aromatic heterocycles. The number of halogens is 2. The van der Waals surface area contributed by atoms with Crippen molar-refractivity contribution in [3.05, 3.63) is 21.9 Å². The van der Waals surface area contributed by atoms with Gasteiger partial charge in [-0.2, -0.15) is 0 Å². The number of nitrogens with one attached hydrogen (secondary N) is 1. The first-order chi connectivity index (χ1) is 9.34. The lowest BCUT2D eigenvalue weighted by Gasteiger charge is -2.40. The largest absolute Gasteiger partial charge is 0.381 e. The van der Waals surface area contributed by atoms with Crippen molar-refractivity contribution in [2.45, 2.75) is 25.8 Å². The Bertz CT molecular complexity index is 386. The summed E-state index contributed by atoms with van der Waals surface area (Å²) in [5.41, 5.74) is 0. The zero-order valence-electron chi connectivity index (χ0n) is 12.5. The highest BCUT2D eigenvalue weighted by Crippen LogP contribution is 2.38. The van der Waals surface area contributed by atoms with Gasteiger partial charge in [0, 0.05) is 55.2 Å². The van der Waals surface area contributed by atoms with E-state index in [2.05, 4.69) is 29.3 Å². The van der Waals surface area contributed by atoms with Crippen LogP contribution in [-0.2, 0) is 4.74 Å². The number of hydrogen-bond donors (Lipinski definition) is 1. The second-order valence-electron chi connectivity index (χ2n) is 5.63. The fourth-order valence-electron chi connectivity index (χ4n) is 3.31. The van der Waals surface area contributed by atoms with Gasteiger partial charge in [-0.1, -0.05) is 0 Å². The lowest BCUT2D eigenvalue weighted by molar-refractivity contribution is 0.0223. The smallest absolute Gasteiger partial charge is 0.0472 e. The summed E-state index contributed by atoms with van der Waals surface area (Å²) >= 11 is 1.98. The van der Waals surface area contributed by atoms with Crippen molar-refractivity contribution in [3.63, 3.8) is 0 Å². The van der Waals surface area contributed by atoms with Crippen LogP contribution in [0.15, 0.2) is 12.1 Å². The molecule has 6 heteroatoms.